The lowest BCUT2D eigenvalue weighted by atomic mass is 9.95. The van der Waals surface area contributed by atoms with Crippen molar-refractivity contribution < 1.29 is 9.21 Å². The number of benzene rings is 1. The van der Waals surface area contributed by atoms with Gasteiger partial charge in [0.25, 0.3) is 0 Å². The van der Waals surface area contributed by atoms with Crippen LogP contribution >= 0.6 is 11.6 Å². The Morgan fingerprint density at radius 1 is 1.29 bits per heavy atom. The summed E-state index contributed by atoms with van der Waals surface area (Å²) in [5, 5.41) is 9.50. The molecule has 4 heteroatoms. The minimum Gasteiger partial charge on any atom is -0.461 e. The molecule has 0 radical (unpaired) electrons. The molecule has 0 aliphatic rings. The molecule has 0 N–H and O–H groups in total. The quantitative estimate of drug-likeness (QED) is 0.779. The summed E-state index contributed by atoms with van der Waals surface area (Å²) in [6, 6.07) is 11.9. The molecule has 0 saturated carbocycles. The van der Waals surface area contributed by atoms with E-state index < -0.39 is 5.92 Å². The number of furan rings is 1. The van der Waals surface area contributed by atoms with E-state index in [1.54, 1.807) is 30.3 Å². The third kappa shape index (κ3) is 2.22. The van der Waals surface area contributed by atoms with Crippen molar-refractivity contribution in [2.45, 2.75) is 5.92 Å². The van der Waals surface area contributed by atoms with Crippen LogP contribution in [0.25, 0.3) is 0 Å². The molecule has 0 saturated heterocycles. The minimum atomic E-state index is -0.935. The summed E-state index contributed by atoms with van der Waals surface area (Å²) < 4.78 is 5.00. The molecule has 1 aromatic heterocycles. The van der Waals surface area contributed by atoms with Crippen molar-refractivity contribution >= 4 is 17.4 Å². The Balaban J connectivity index is 2.39. The van der Waals surface area contributed by atoms with Crippen molar-refractivity contribution in [3.05, 3.63) is 59.0 Å². The summed E-state index contributed by atoms with van der Waals surface area (Å²) in [7, 11) is 0. The normalized spacial score (nSPS) is 11.8. The molecule has 0 fully saturated rings. The van der Waals surface area contributed by atoms with Gasteiger partial charge in [-0.1, -0.05) is 29.8 Å². The van der Waals surface area contributed by atoms with Gasteiger partial charge in [-0.3, -0.25) is 4.79 Å². The summed E-state index contributed by atoms with van der Waals surface area (Å²) in [4.78, 5) is 12.0. The number of nitriles is 1. The molecule has 0 aliphatic carbocycles. The number of carbonyl (C=O) groups excluding carboxylic acids is 1. The molecule has 1 heterocycles. The molecule has 17 heavy (non-hydrogen) atoms. The molecular weight excluding hydrogens is 238 g/mol. The van der Waals surface area contributed by atoms with Gasteiger partial charge in [-0.05, 0) is 23.8 Å². The number of carbonyl (C=O) groups is 1. The average Bonchev–Trinajstić information content (AvgIpc) is 2.86. The molecule has 2 aromatic rings. The molecule has 0 aliphatic heterocycles. The maximum Gasteiger partial charge on any atom is 0.219 e. The van der Waals surface area contributed by atoms with Crippen LogP contribution in [0.4, 0.5) is 0 Å². The number of halogens is 1. The third-order valence-corrected chi connectivity index (χ3v) is 2.72. The summed E-state index contributed by atoms with van der Waals surface area (Å²) >= 11 is 5.97. The van der Waals surface area contributed by atoms with Crippen LogP contribution in [0.2, 0.25) is 5.02 Å². The lowest BCUT2D eigenvalue weighted by Crippen LogP contribution is -2.10. The maximum absolute atomic E-state index is 12.0. The van der Waals surface area contributed by atoms with Crippen molar-refractivity contribution in [3.63, 3.8) is 0 Å². The number of hydrogen-bond acceptors (Lipinski definition) is 3. The van der Waals surface area contributed by atoms with Gasteiger partial charge >= 0.3 is 0 Å². The zero-order valence-corrected chi connectivity index (χ0v) is 9.52. The van der Waals surface area contributed by atoms with Crippen LogP contribution in [0.5, 0.6) is 0 Å². The average molecular weight is 246 g/mol. The Kier molecular flexibility index (Phi) is 3.27. The second-order valence-corrected chi connectivity index (χ2v) is 3.83. The van der Waals surface area contributed by atoms with Crippen molar-refractivity contribution in [2.75, 3.05) is 0 Å². The van der Waals surface area contributed by atoms with E-state index in [0.717, 1.165) is 0 Å². The van der Waals surface area contributed by atoms with Gasteiger partial charge in [-0.2, -0.15) is 5.26 Å². The van der Waals surface area contributed by atoms with Gasteiger partial charge < -0.3 is 4.42 Å². The zero-order chi connectivity index (χ0) is 12.3. The Labute approximate surface area is 103 Å². The van der Waals surface area contributed by atoms with E-state index in [2.05, 4.69) is 0 Å². The highest BCUT2D eigenvalue weighted by atomic mass is 35.5. The Morgan fingerprint density at radius 2 is 2.06 bits per heavy atom. The molecular formula is C13H8ClNO2. The van der Waals surface area contributed by atoms with Crippen LogP contribution in [0.15, 0.2) is 47.1 Å². The van der Waals surface area contributed by atoms with Crippen LogP contribution in [0, 0.1) is 11.3 Å². The van der Waals surface area contributed by atoms with Gasteiger partial charge in [0.2, 0.25) is 5.78 Å². The first-order chi connectivity index (χ1) is 8.24. The Hall–Kier alpha value is -2.05. The van der Waals surface area contributed by atoms with Gasteiger partial charge in [0, 0.05) is 5.02 Å². The lowest BCUT2D eigenvalue weighted by molar-refractivity contribution is 0.0952. The molecule has 0 amide bonds. The topological polar surface area (TPSA) is 54.0 Å². The summed E-state index contributed by atoms with van der Waals surface area (Å²) in [5.74, 6) is -1.16. The highest BCUT2D eigenvalue weighted by Gasteiger charge is 2.25. The van der Waals surface area contributed by atoms with Crippen molar-refractivity contribution in [3.8, 4) is 6.07 Å². The van der Waals surface area contributed by atoms with Crippen LogP contribution in [-0.2, 0) is 0 Å². The smallest absolute Gasteiger partial charge is 0.219 e. The first-order valence-electron chi connectivity index (χ1n) is 4.96. The molecule has 1 unspecified atom stereocenters. The van der Waals surface area contributed by atoms with Gasteiger partial charge in [0.05, 0.1) is 12.3 Å². The van der Waals surface area contributed by atoms with Crippen LogP contribution in [-0.4, -0.2) is 5.78 Å². The largest absolute Gasteiger partial charge is 0.461 e. The third-order valence-electron chi connectivity index (χ3n) is 2.37. The SMILES string of the molecule is N#CC(C(=O)c1ccco1)c1ccccc1Cl. The predicted octanol–water partition coefficient (Wildman–Crippen LogP) is 3.42. The maximum atomic E-state index is 12.0. The fraction of sp³-hybridized carbons (Fsp3) is 0.0769. The van der Waals surface area contributed by atoms with E-state index >= 15 is 0 Å². The highest BCUT2D eigenvalue weighted by Crippen LogP contribution is 2.27. The van der Waals surface area contributed by atoms with Gasteiger partial charge in [0.1, 0.15) is 5.92 Å². The number of ketones is 1. The Bertz CT molecular complexity index is 569. The predicted molar refractivity (Wildman–Crippen MR) is 62.8 cm³/mol. The fourth-order valence-corrected chi connectivity index (χ4v) is 1.78. The first kappa shape index (κ1) is 11.4. The van der Waals surface area contributed by atoms with Gasteiger partial charge in [-0.15, -0.1) is 0 Å². The number of rotatable bonds is 3. The Morgan fingerprint density at radius 3 is 2.65 bits per heavy atom. The second-order valence-electron chi connectivity index (χ2n) is 3.43. The minimum absolute atomic E-state index is 0.163. The summed E-state index contributed by atoms with van der Waals surface area (Å²) in [6.45, 7) is 0. The van der Waals surface area contributed by atoms with E-state index in [4.69, 9.17) is 21.3 Å². The number of Topliss-reactive ketones (excluding diaryl/α,β-unsaturated/α-hetero) is 1. The number of hydrogen-bond donors (Lipinski definition) is 0. The summed E-state index contributed by atoms with van der Waals surface area (Å²) in [5.41, 5.74) is 0.498. The van der Waals surface area contributed by atoms with E-state index in [0.29, 0.717) is 10.6 Å². The van der Waals surface area contributed by atoms with E-state index in [-0.39, 0.29) is 11.5 Å². The van der Waals surface area contributed by atoms with Crippen molar-refractivity contribution in [2.24, 2.45) is 0 Å². The van der Waals surface area contributed by atoms with Crippen molar-refractivity contribution in [1.82, 2.24) is 0 Å². The molecule has 2 rings (SSSR count). The van der Waals surface area contributed by atoms with Gasteiger partial charge in [0.15, 0.2) is 5.76 Å². The van der Waals surface area contributed by atoms with E-state index in [9.17, 15) is 4.79 Å². The first-order valence-corrected chi connectivity index (χ1v) is 5.33. The van der Waals surface area contributed by atoms with Crippen LogP contribution in [0.1, 0.15) is 22.0 Å². The molecule has 1 aromatic carbocycles. The molecule has 0 spiro atoms. The fourth-order valence-electron chi connectivity index (χ4n) is 1.54. The van der Waals surface area contributed by atoms with E-state index in [1.165, 1.54) is 12.3 Å². The molecule has 0 bridgehead atoms. The van der Waals surface area contributed by atoms with E-state index in [1.807, 2.05) is 6.07 Å². The highest BCUT2D eigenvalue weighted by molar-refractivity contribution is 6.31. The van der Waals surface area contributed by atoms with Crippen molar-refractivity contribution in [1.29, 1.82) is 5.26 Å². The number of nitrogens with zero attached hydrogens (tertiary/aromatic N) is 1. The lowest BCUT2D eigenvalue weighted by Gasteiger charge is -2.08. The van der Waals surface area contributed by atoms with Crippen LogP contribution < -0.4 is 0 Å². The zero-order valence-electron chi connectivity index (χ0n) is 8.76. The molecule has 84 valence electrons. The summed E-state index contributed by atoms with van der Waals surface area (Å²) in [6.07, 6.45) is 1.40. The molecule has 1 atom stereocenters. The molecule has 3 nitrogen and oxygen atoms in total. The van der Waals surface area contributed by atoms with Crippen LogP contribution in [0.3, 0.4) is 0 Å². The monoisotopic (exact) mass is 245 g/mol. The van der Waals surface area contributed by atoms with Gasteiger partial charge in [-0.25, -0.2) is 0 Å². The second kappa shape index (κ2) is 4.86. The standard InChI is InChI=1S/C13H8ClNO2/c14-11-5-2-1-4-9(11)10(8-15)13(16)12-6-3-7-17-12/h1-7,10H.